The number of hydrogen-bond acceptors (Lipinski definition) is 7. The minimum atomic E-state index is -0.692. The summed E-state index contributed by atoms with van der Waals surface area (Å²) in [5, 5.41) is 0. The SMILES string of the molecule is C=CCOc1ccc([C@H]2C(C(=O)OCC)=C(C)N=c3s/c(=C\c4ccc(OCC=C)c(Br)c4)c(=O)n32)cc1. The Balaban J connectivity index is 1.83. The van der Waals surface area contributed by atoms with E-state index in [2.05, 4.69) is 34.1 Å². The molecule has 0 radical (unpaired) electrons. The molecule has 4 rings (SSSR count). The number of ether oxygens (including phenoxy) is 3. The number of benzene rings is 2. The summed E-state index contributed by atoms with van der Waals surface area (Å²) in [4.78, 5) is 31.9. The zero-order chi connectivity index (χ0) is 27.2. The van der Waals surface area contributed by atoms with Gasteiger partial charge in [-0.3, -0.25) is 9.36 Å². The summed E-state index contributed by atoms with van der Waals surface area (Å²) in [5.74, 6) is 0.836. The molecule has 1 atom stereocenters. The predicted octanol–water partition coefficient (Wildman–Crippen LogP) is 4.69. The van der Waals surface area contributed by atoms with E-state index < -0.39 is 12.0 Å². The molecule has 196 valence electrons. The first kappa shape index (κ1) is 27.3. The van der Waals surface area contributed by atoms with E-state index >= 15 is 0 Å². The van der Waals surface area contributed by atoms with Crippen molar-refractivity contribution in [3.8, 4) is 11.5 Å². The highest BCUT2D eigenvalue weighted by molar-refractivity contribution is 9.10. The Kier molecular flexibility index (Phi) is 8.81. The van der Waals surface area contributed by atoms with E-state index in [1.807, 2.05) is 30.3 Å². The van der Waals surface area contributed by atoms with E-state index in [4.69, 9.17) is 14.2 Å². The van der Waals surface area contributed by atoms with Crippen LogP contribution in [-0.4, -0.2) is 30.4 Å². The van der Waals surface area contributed by atoms with Gasteiger partial charge in [-0.2, -0.15) is 0 Å². The van der Waals surface area contributed by atoms with E-state index in [0.29, 0.717) is 45.3 Å². The molecule has 0 unspecified atom stereocenters. The van der Waals surface area contributed by atoms with Gasteiger partial charge in [0.05, 0.1) is 32.9 Å². The summed E-state index contributed by atoms with van der Waals surface area (Å²) in [6.45, 7) is 11.8. The first-order valence-corrected chi connectivity index (χ1v) is 13.6. The second-order valence-corrected chi connectivity index (χ2v) is 10.1. The van der Waals surface area contributed by atoms with Gasteiger partial charge in [0.25, 0.3) is 5.56 Å². The highest BCUT2D eigenvalue weighted by Crippen LogP contribution is 2.32. The molecule has 0 saturated carbocycles. The van der Waals surface area contributed by atoms with E-state index in [1.54, 1.807) is 48.8 Å². The standard InChI is InChI=1S/C29H27BrN2O5S/c1-5-14-36-21-11-9-20(10-12-21)26-25(28(34)35-7-3)18(4)31-29-32(26)27(33)24(38-29)17-19-8-13-23(22(30)16-19)37-15-6-2/h5-6,8-13,16-17,26H,1-2,7,14-15H2,3-4H3/b24-17-/t26-/m0/s1. The van der Waals surface area contributed by atoms with Gasteiger partial charge in [-0.15, -0.1) is 0 Å². The van der Waals surface area contributed by atoms with Crippen LogP contribution in [0.4, 0.5) is 0 Å². The maximum Gasteiger partial charge on any atom is 0.338 e. The van der Waals surface area contributed by atoms with Crippen molar-refractivity contribution in [3.63, 3.8) is 0 Å². The first-order chi connectivity index (χ1) is 18.4. The molecule has 0 bridgehead atoms. The number of thiazole rings is 1. The number of halogens is 1. The Bertz CT molecular complexity index is 1580. The van der Waals surface area contributed by atoms with Crippen LogP contribution >= 0.6 is 27.3 Å². The molecule has 0 saturated heterocycles. The Morgan fingerprint density at radius 3 is 2.50 bits per heavy atom. The van der Waals surface area contributed by atoms with Gasteiger partial charge in [0.2, 0.25) is 0 Å². The predicted molar refractivity (Wildman–Crippen MR) is 152 cm³/mol. The molecular formula is C29H27BrN2O5S. The third-order valence-electron chi connectivity index (χ3n) is 5.69. The van der Waals surface area contributed by atoms with Crippen LogP contribution in [-0.2, 0) is 9.53 Å². The van der Waals surface area contributed by atoms with Crippen molar-refractivity contribution in [1.29, 1.82) is 0 Å². The summed E-state index contributed by atoms with van der Waals surface area (Å²) in [6.07, 6.45) is 5.14. The Morgan fingerprint density at radius 1 is 1.13 bits per heavy atom. The average molecular weight is 596 g/mol. The van der Waals surface area contributed by atoms with Crippen molar-refractivity contribution in [1.82, 2.24) is 4.57 Å². The largest absolute Gasteiger partial charge is 0.490 e. The first-order valence-electron chi connectivity index (χ1n) is 11.9. The monoisotopic (exact) mass is 594 g/mol. The Hall–Kier alpha value is -3.69. The molecule has 0 spiro atoms. The number of aromatic nitrogens is 1. The van der Waals surface area contributed by atoms with Crippen LogP contribution in [0, 0.1) is 0 Å². The van der Waals surface area contributed by atoms with Crippen LogP contribution in [0.5, 0.6) is 11.5 Å². The van der Waals surface area contributed by atoms with Crippen LogP contribution in [0.15, 0.2) is 93.3 Å². The van der Waals surface area contributed by atoms with E-state index in [-0.39, 0.29) is 12.2 Å². The molecular weight excluding hydrogens is 568 g/mol. The molecule has 2 aromatic carbocycles. The van der Waals surface area contributed by atoms with Gasteiger partial charge in [-0.05, 0) is 71.2 Å². The summed E-state index contributed by atoms with van der Waals surface area (Å²) >= 11 is 4.79. The maximum absolute atomic E-state index is 13.8. The number of carbonyl (C=O) groups excluding carboxylic acids is 1. The van der Waals surface area contributed by atoms with Crippen LogP contribution in [0.25, 0.3) is 6.08 Å². The molecule has 2 heterocycles. The lowest BCUT2D eigenvalue weighted by atomic mass is 9.96. The van der Waals surface area contributed by atoms with Gasteiger partial charge < -0.3 is 14.2 Å². The third kappa shape index (κ3) is 5.74. The topological polar surface area (TPSA) is 79.1 Å². The number of allylic oxidation sites excluding steroid dienone is 1. The molecule has 0 fully saturated rings. The fourth-order valence-corrected chi connectivity index (χ4v) is 5.59. The quantitative estimate of drug-likeness (QED) is 0.251. The van der Waals surface area contributed by atoms with E-state index in [1.165, 1.54) is 11.3 Å². The van der Waals surface area contributed by atoms with Gasteiger partial charge in [0, 0.05) is 0 Å². The fourth-order valence-electron chi connectivity index (χ4n) is 4.03. The molecule has 1 aromatic heterocycles. The van der Waals surface area contributed by atoms with Crippen LogP contribution in [0.2, 0.25) is 0 Å². The molecule has 0 amide bonds. The summed E-state index contributed by atoms with van der Waals surface area (Å²) in [6, 6.07) is 12.2. The molecule has 9 heteroatoms. The highest BCUT2D eigenvalue weighted by atomic mass is 79.9. The summed E-state index contributed by atoms with van der Waals surface area (Å²) < 4.78 is 19.4. The smallest absolute Gasteiger partial charge is 0.338 e. The zero-order valence-electron chi connectivity index (χ0n) is 21.1. The normalized spacial score (nSPS) is 14.9. The number of hydrogen-bond donors (Lipinski definition) is 0. The molecule has 1 aliphatic heterocycles. The number of esters is 1. The minimum absolute atomic E-state index is 0.211. The third-order valence-corrected chi connectivity index (χ3v) is 7.29. The number of carbonyl (C=O) groups is 1. The lowest BCUT2D eigenvalue weighted by Gasteiger charge is -2.24. The molecule has 38 heavy (non-hydrogen) atoms. The Labute approximate surface area is 232 Å². The Morgan fingerprint density at radius 2 is 1.84 bits per heavy atom. The maximum atomic E-state index is 13.8. The second-order valence-electron chi connectivity index (χ2n) is 8.26. The fraction of sp³-hybridized carbons (Fsp3) is 0.207. The van der Waals surface area contributed by atoms with Crippen LogP contribution < -0.4 is 24.4 Å². The molecule has 0 aliphatic carbocycles. The molecule has 7 nitrogen and oxygen atoms in total. The number of nitrogens with zero attached hydrogens (tertiary/aromatic N) is 2. The average Bonchev–Trinajstić information content (AvgIpc) is 3.20. The number of rotatable bonds is 10. The van der Waals surface area contributed by atoms with Crippen molar-refractivity contribution >= 4 is 39.3 Å². The van der Waals surface area contributed by atoms with Crippen molar-refractivity contribution < 1.29 is 19.0 Å². The lowest BCUT2D eigenvalue weighted by Crippen LogP contribution is -2.39. The lowest BCUT2D eigenvalue weighted by molar-refractivity contribution is -0.139. The van der Waals surface area contributed by atoms with Crippen LogP contribution in [0.1, 0.15) is 31.0 Å². The molecule has 1 aliphatic rings. The van der Waals surface area contributed by atoms with Gasteiger partial charge in [0.15, 0.2) is 4.80 Å². The molecule has 0 N–H and O–H groups in total. The second kappa shape index (κ2) is 12.2. The van der Waals surface area contributed by atoms with E-state index in [0.717, 1.165) is 15.6 Å². The minimum Gasteiger partial charge on any atom is -0.490 e. The molecule has 3 aromatic rings. The highest BCUT2D eigenvalue weighted by Gasteiger charge is 2.33. The summed E-state index contributed by atoms with van der Waals surface area (Å²) in [7, 11) is 0. The van der Waals surface area contributed by atoms with Crippen molar-refractivity contribution in [2.75, 3.05) is 19.8 Å². The van der Waals surface area contributed by atoms with Crippen molar-refractivity contribution in [2.24, 2.45) is 4.99 Å². The van der Waals surface area contributed by atoms with Gasteiger partial charge in [-0.1, -0.05) is 54.8 Å². The van der Waals surface area contributed by atoms with Crippen molar-refractivity contribution in [2.45, 2.75) is 19.9 Å². The number of fused-ring (bicyclic) bond motifs is 1. The van der Waals surface area contributed by atoms with Crippen LogP contribution in [0.3, 0.4) is 0 Å². The zero-order valence-corrected chi connectivity index (χ0v) is 23.5. The van der Waals surface area contributed by atoms with Gasteiger partial charge >= 0.3 is 5.97 Å². The van der Waals surface area contributed by atoms with Crippen molar-refractivity contribution in [3.05, 3.63) is 114 Å². The van der Waals surface area contributed by atoms with Gasteiger partial charge in [0.1, 0.15) is 24.7 Å². The van der Waals surface area contributed by atoms with Gasteiger partial charge in [-0.25, -0.2) is 9.79 Å². The van der Waals surface area contributed by atoms with E-state index in [9.17, 15) is 9.59 Å². The summed E-state index contributed by atoms with van der Waals surface area (Å²) in [5.41, 5.74) is 2.15.